The summed E-state index contributed by atoms with van der Waals surface area (Å²) in [7, 11) is 1.97. The Morgan fingerprint density at radius 1 is 0.932 bits per heavy atom. The molecule has 234 valence electrons. The Balaban J connectivity index is 1.17. The zero-order valence-electron chi connectivity index (χ0n) is 27.4. The number of rotatable bonds is 8. The van der Waals surface area contributed by atoms with Crippen LogP contribution in [0.5, 0.6) is 0 Å². The number of fused-ring (bicyclic) bond motifs is 7. The number of unbranched alkanes of at least 4 members (excludes halogenated alkanes) is 5. The van der Waals surface area contributed by atoms with Gasteiger partial charge in [0.25, 0.3) is 5.56 Å². The van der Waals surface area contributed by atoms with E-state index in [9.17, 15) is 9.59 Å². The van der Waals surface area contributed by atoms with Crippen LogP contribution in [-0.4, -0.2) is 14.1 Å². The van der Waals surface area contributed by atoms with E-state index in [2.05, 4.69) is 37.9 Å². The lowest BCUT2D eigenvalue weighted by molar-refractivity contribution is -0.0478. The Hall–Kier alpha value is -2.95. The van der Waals surface area contributed by atoms with Gasteiger partial charge in [-0.25, -0.2) is 9.36 Å². The highest BCUT2D eigenvalue weighted by Crippen LogP contribution is 2.67. The van der Waals surface area contributed by atoms with E-state index in [0.717, 1.165) is 29.9 Å². The van der Waals surface area contributed by atoms with Crippen LogP contribution in [-0.2, 0) is 13.5 Å². The summed E-state index contributed by atoms with van der Waals surface area (Å²) in [5, 5.41) is 0. The standard InChI is InChI=1S/C39H51N3O2/c1-5-6-7-8-9-11-14-27-18-20-32-30-19-17-28-24-34-26(25-39(28,3)33(30)21-22-38(27,32)2)23-31-35(41(34)4)40-37(44)42(36(31)43)29-15-12-10-13-16-29/h10,12-13,15-16,23-24,27,30,32-33H,5-9,11,14,17-22,25H2,1-4H3/t27-,30-,32-,33-,38+,39-/m0/s1. The first-order chi connectivity index (χ1) is 21.3. The van der Waals surface area contributed by atoms with Crippen LogP contribution < -0.4 is 11.2 Å². The van der Waals surface area contributed by atoms with E-state index >= 15 is 0 Å². The zero-order chi connectivity index (χ0) is 30.6. The third kappa shape index (κ3) is 4.67. The number of aromatic nitrogens is 3. The molecule has 5 nitrogen and oxygen atoms in total. The zero-order valence-corrected chi connectivity index (χ0v) is 27.4. The molecule has 0 aromatic heterocycles. The molecular weight excluding hydrogens is 542 g/mol. The summed E-state index contributed by atoms with van der Waals surface area (Å²) in [6.07, 6.45) is 21.2. The summed E-state index contributed by atoms with van der Waals surface area (Å²) in [5.74, 6) is 3.76. The maximum absolute atomic E-state index is 13.8. The van der Waals surface area contributed by atoms with E-state index in [-0.39, 0.29) is 11.0 Å². The highest BCUT2D eigenvalue weighted by molar-refractivity contribution is 5.68. The Morgan fingerprint density at radius 2 is 1.70 bits per heavy atom. The SMILES string of the molecule is CCCCCCCC[C@H]1CC[C@H]2[C@@H]3CCC4=Cc5c(cc6c(=O)n(-c7ccccc7)c(=O)nc-6n5C)C[C@]4(C)[C@H]3CC[C@]12C. The topological polar surface area (TPSA) is 56.9 Å². The van der Waals surface area contributed by atoms with E-state index in [0.29, 0.717) is 28.4 Å². The molecule has 0 saturated heterocycles. The summed E-state index contributed by atoms with van der Waals surface area (Å²) >= 11 is 0. The van der Waals surface area contributed by atoms with E-state index < -0.39 is 5.69 Å². The molecule has 0 spiro atoms. The number of hydrogen-bond acceptors (Lipinski definition) is 3. The fourth-order valence-electron chi connectivity index (χ4n) is 10.7. The van der Waals surface area contributed by atoms with Crippen LogP contribution in [0.4, 0.5) is 0 Å². The number of nitrogens with zero attached hydrogens (tertiary/aromatic N) is 3. The van der Waals surface area contributed by atoms with Crippen molar-refractivity contribution in [3.8, 4) is 17.1 Å². The minimum absolute atomic E-state index is 0.125. The van der Waals surface area contributed by atoms with Gasteiger partial charge in [0.05, 0.1) is 11.3 Å². The number of allylic oxidation sites excluding steroid dienone is 1. The van der Waals surface area contributed by atoms with Crippen LogP contribution in [0.15, 0.2) is 51.6 Å². The molecule has 4 aliphatic carbocycles. The van der Waals surface area contributed by atoms with Gasteiger partial charge in [-0.05, 0) is 116 Å². The average Bonchev–Trinajstić information content (AvgIpc) is 3.35. The van der Waals surface area contributed by atoms with Gasteiger partial charge in [-0.1, -0.05) is 83.1 Å². The quantitative estimate of drug-likeness (QED) is 0.246. The molecule has 44 heavy (non-hydrogen) atoms. The van der Waals surface area contributed by atoms with E-state index in [4.69, 9.17) is 0 Å². The second kappa shape index (κ2) is 11.4. The molecule has 0 unspecified atom stereocenters. The summed E-state index contributed by atoms with van der Waals surface area (Å²) in [6, 6.07) is 11.2. The normalized spacial score (nSPS) is 30.8. The molecule has 7 rings (SSSR count). The fraction of sp³-hybridized carbons (Fsp3) is 0.615. The van der Waals surface area contributed by atoms with Crippen molar-refractivity contribution < 1.29 is 0 Å². The van der Waals surface area contributed by atoms with Gasteiger partial charge in [0, 0.05) is 12.7 Å². The van der Waals surface area contributed by atoms with Crippen molar-refractivity contribution in [2.75, 3.05) is 0 Å². The van der Waals surface area contributed by atoms with Crippen LogP contribution in [0.3, 0.4) is 0 Å². The summed E-state index contributed by atoms with van der Waals surface area (Å²) < 4.78 is 3.23. The minimum Gasteiger partial charge on any atom is -0.328 e. The van der Waals surface area contributed by atoms with Gasteiger partial charge >= 0.3 is 5.69 Å². The van der Waals surface area contributed by atoms with Crippen molar-refractivity contribution in [3.63, 3.8) is 0 Å². The molecule has 6 aliphatic rings. The Bertz CT molecular complexity index is 1650. The first-order valence-electron chi connectivity index (χ1n) is 17.7. The van der Waals surface area contributed by atoms with Gasteiger partial charge in [0.2, 0.25) is 0 Å². The van der Waals surface area contributed by atoms with Crippen molar-refractivity contribution in [2.45, 2.75) is 111 Å². The molecular formula is C39H51N3O2. The monoisotopic (exact) mass is 593 g/mol. The number of pyridine rings is 1. The smallest absolute Gasteiger partial charge is 0.328 e. The average molecular weight is 594 g/mol. The predicted molar refractivity (Wildman–Crippen MR) is 179 cm³/mol. The second-order valence-corrected chi connectivity index (χ2v) is 15.3. The lowest BCUT2D eigenvalue weighted by Gasteiger charge is -2.58. The summed E-state index contributed by atoms with van der Waals surface area (Å²) in [5.41, 5.74) is 4.87. The van der Waals surface area contributed by atoms with E-state index in [1.165, 1.54) is 93.6 Å². The molecule has 2 aliphatic heterocycles. The lowest BCUT2D eigenvalue weighted by Crippen LogP contribution is -2.51. The van der Waals surface area contributed by atoms with Crippen molar-refractivity contribution >= 4 is 6.08 Å². The van der Waals surface area contributed by atoms with Gasteiger partial charge in [0.1, 0.15) is 0 Å². The number of benzene rings is 1. The maximum Gasteiger partial charge on any atom is 0.357 e. The van der Waals surface area contributed by atoms with Crippen LogP contribution in [0.1, 0.15) is 115 Å². The third-order valence-electron chi connectivity index (χ3n) is 13.1. The van der Waals surface area contributed by atoms with Gasteiger partial charge in [0.15, 0.2) is 5.82 Å². The first kappa shape index (κ1) is 29.7. The minimum atomic E-state index is -0.519. The molecule has 6 atom stereocenters. The lowest BCUT2D eigenvalue weighted by atomic mass is 9.46. The Kier molecular flexibility index (Phi) is 7.74. The number of hydrogen-bond donors (Lipinski definition) is 0. The van der Waals surface area contributed by atoms with Crippen LogP contribution in [0.2, 0.25) is 0 Å². The Morgan fingerprint density at radius 3 is 2.50 bits per heavy atom. The summed E-state index contributed by atoms with van der Waals surface area (Å²) in [4.78, 5) is 31.3. The van der Waals surface area contributed by atoms with Gasteiger partial charge in [-0.3, -0.25) is 4.79 Å². The highest BCUT2D eigenvalue weighted by atomic mass is 16.2. The van der Waals surface area contributed by atoms with Crippen LogP contribution in [0.25, 0.3) is 23.2 Å². The molecule has 3 saturated carbocycles. The van der Waals surface area contributed by atoms with Gasteiger partial charge in [-0.15, -0.1) is 0 Å². The van der Waals surface area contributed by atoms with Crippen molar-refractivity contribution in [2.24, 2.45) is 41.5 Å². The van der Waals surface area contributed by atoms with Crippen molar-refractivity contribution in [1.82, 2.24) is 14.1 Å². The molecule has 3 fully saturated rings. The fourth-order valence-corrected chi connectivity index (χ4v) is 10.7. The van der Waals surface area contributed by atoms with Crippen molar-refractivity contribution in [3.05, 3.63) is 74.1 Å². The molecule has 1 aromatic rings. The molecule has 0 bridgehead atoms. The van der Waals surface area contributed by atoms with Gasteiger partial charge < -0.3 is 4.57 Å². The molecule has 0 amide bonds. The molecule has 0 radical (unpaired) electrons. The Labute approximate surface area is 263 Å². The maximum atomic E-state index is 13.8. The second-order valence-electron chi connectivity index (χ2n) is 15.3. The largest absolute Gasteiger partial charge is 0.357 e. The number of para-hydroxylation sites is 1. The van der Waals surface area contributed by atoms with Crippen LogP contribution in [0, 0.1) is 34.5 Å². The molecule has 1 aromatic carbocycles. The molecule has 2 heterocycles. The third-order valence-corrected chi connectivity index (χ3v) is 13.1. The highest BCUT2D eigenvalue weighted by Gasteiger charge is 2.58. The van der Waals surface area contributed by atoms with E-state index in [1.807, 2.05) is 29.8 Å². The summed E-state index contributed by atoms with van der Waals surface area (Å²) in [6.45, 7) is 7.52. The predicted octanol–water partition coefficient (Wildman–Crippen LogP) is 8.58. The first-order valence-corrected chi connectivity index (χ1v) is 17.7. The molecule has 5 heteroatoms. The van der Waals surface area contributed by atoms with E-state index in [1.54, 1.807) is 17.7 Å². The van der Waals surface area contributed by atoms with Crippen molar-refractivity contribution in [1.29, 1.82) is 0 Å². The van der Waals surface area contributed by atoms with Crippen LogP contribution >= 0.6 is 0 Å². The molecule has 0 N–H and O–H groups in total. The van der Waals surface area contributed by atoms with Gasteiger partial charge in [-0.2, -0.15) is 4.98 Å².